The fourth-order valence-corrected chi connectivity index (χ4v) is 4.91. The Morgan fingerprint density at radius 1 is 1.03 bits per heavy atom. The van der Waals surface area contributed by atoms with Crippen LogP contribution in [-0.2, 0) is 16.0 Å². The second-order valence-corrected chi connectivity index (χ2v) is 9.45. The number of halogens is 1. The third-order valence-corrected chi connectivity index (χ3v) is 6.18. The fraction of sp³-hybridized carbons (Fsp3) is 0.296. The van der Waals surface area contributed by atoms with Gasteiger partial charge in [0.25, 0.3) is 0 Å². The Labute approximate surface area is 186 Å². The summed E-state index contributed by atoms with van der Waals surface area (Å²) < 4.78 is 19.8. The van der Waals surface area contributed by atoms with E-state index in [1.807, 2.05) is 39.0 Å². The van der Waals surface area contributed by atoms with Crippen LogP contribution >= 0.6 is 0 Å². The monoisotopic (exact) mass is 428 g/mol. The second-order valence-electron chi connectivity index (χ2n) is 9.45. The van der Waals surface area contributed by atoms with Crippen molar-refractivity contribution in [2.45, 2.75) is 45.1 Å². The van der Waals surface area contributed by atoms with Crippen LogP contribution in [0.4, 0.5) is 4.39 Å². The summed E-state index contributed by atoms with van der Waals surface area (Å²) in [5.41, 5.74) is 2.45. The van der Waals surface area contributed by atoms with E-state index in [4.69, 9.17) is 4.74 Å². The number of fused-ring (bicyclic) bond motifs is 5. The van der Waals surface area contributed by atoms with Gasteiger partial charge in [0.05, 0.1) is 11.6 Å². The number of aromatic nitrogens is 2. The number of hydrogen-bond acceptors (Lipinski definition) is 4. The van der Waals surface area contributed by atoms with E-state index in [0.29, 0.717) is 6.42 Å². The summed E-state index contributed by atoms with van der Waals surface area (Å²) in [6, 6.07) is 13.1. The maximum atomic E-state index is 14.0. The van der Waals surface area contributed by atoms with Crippen molar-refractivity contribution in [1.29, 1.82) is 0 Å². The molecule has 3 aromatic carbocycles. The summed E-state index contributed by atoms with van der Waals surface area (Å²) in [4.78, 5) is 22.0. The Hall–Kier alpha value is -3.34. The van der Waals surface area contributed by atoms with Gasteiger partial charge in [-0.2, -0.15) is 0 Å². The van der Waals surface area contributed by atoms with Gasteiger partial charge in [-0.3, -0.25) is 14.8 Å². The van der Waals surface area contributed by atoms with Crippen LogP contribution in [0.3, 0.4) is 0 Å². The minimum Gasteiger partial charge on any atom is -0.460 e. The quantitative estimate of drug-likeness (QED) is 0.292. The standard InChI is InChI=1S/C27H25FN2O2/c1-27(2,3)32-26(31)22-11-9-19-18-7-5-16-4-6-17(28)14-23(16)20(18)8-10-21(19)25(22)24-15-29-12-13-30-24/h4-8,10,12-15,22,25H,9,11H2,1-3H3. The lowest BCUT2D eigenvalue weighted by Crippen LogP contribution is -2.35. The molecule has 4 nitrogen and oxygen atoms in total. The molecular weight excluding hydrogens is 403 g/mol. The molecule has 2 unspecified atom stereocenters. The van der Waals surface area contributed by atoms with Gasteiger partial charge in [0.15, 0.2) is 0 Å². The SMILES string of the molecule is CC(C)(C)OC(=O)C1CCc2c(ccc3c2ccc2ccc(F)cc23)C1c1cnccn1. The topological polar surface area (TPSA) is 52.1 Å². The first-order valence-corrected chi connectivity index (χ1v) is 10.9. The van der Waals surface area contributed by atoms with Crippen LogP contribution < -0.4 is 0 Å². The molecule has 5 rings (SSSR count). The highest BCUT2D eigenvalue weighted by molar-refractivity contribution is 6.09. The van der Waals surface area contributed by atoms with Crippen molar-refractivity contribution in [2.75, 3.05) is 0 Å². The molecule has 1 aliphatic carbocycles. The number of benzene rings is 3. The summed E-state index contributed by atoms with van der Waals surface area (Å²) >= 11 is 0. The van der Waals surface area contributed by atoms with E-state index >= 15 is 0 Å². The fourth-order valence-electron chi connectivity index (χ4n) is 4.91. The molecule has 0 radical (unpaired) electrons. The lowest BCUT2D eigenvalue weighted by Gasteiger charge is -2.34. The Morgan fingerprint density at radius 2 is 1.81 bits per heavy atom. The van der Waals surface area contributed by atoms with Crippen molar-refractivity contribution in [1.82, 2.24) is 9.97 Å². The number of hydrogen-bond donors (Lipinski definition) is 0. The van der Waals surface area contributed by atoms with Crippen LogP contribution in [0.15, 0.2) is 61.1 Å². The van der Waals surface area contributed by atoms with E-state index in [1.54, 1.807) is 24.7 Å². The largest absolute Gasteiger partial charge is 0.460 e. The maximum absolute atomic E-state index is 14.0. The number of carbonyl (C=O) groups is 1. The van der Waals surface area contributed by atoms with Crippen molar-refractivity contribution in [3.8, 4) is 0 Å². The molecule has 0 amide bonds. The smallest absolute Gasteiger partial charge is 0.310 e. The minimum atomic E-state index is -0.559. The molecule has 1 heterocycles. The van der Waals surface area contributed by atoms with Crippen LogP contribution in [0.25, 0.3) is 21.5 Å². The van der Waals surface area contributed by atoms with Crippen molar-refractivity contribution in [3.63, 3.8) is 0 Å². The van der Waals surface area contributed by atoms with Gasteiger partial charge in [-0.25, -0.2) is 4.39 Å². The van der Waals surface area contributed by atoms with E-state index in [2.05, 4.69) is 22.1 Å². The molecular formula is C27H25FN2O2. The van der Waals surface area contributed by atoms with Gasteiger partial charge in [0.2, 0.25) is 0 Å². The number of rotatable bonds is 2. The van der Waals surface area contributed by atoms with Crippen LogP contribution in [-0.4, -0.2) is 21.5 Å². The Balaban J connectivity index is 1.69. The third-order valence-electron chi connectivity index (χ3n) is 6.18. The Kier molecular flexibility index (Phi) is 4.92. The molecule has 0 aliphatic heterocycles. The van der Waals surface area contributed by atoms with Gasteiger partial charge < -0.3 is 4.74 Å². The lowest BCUT2D eigenvalue weighted by molar-refractivity contribution is -0.161. The molecule has 162 valence electrons. The molecule has 0 N–H and O–H groups in total. The molecule has 0 bridgehead atoms. The van der Waals surface area contributed by atoms with Gasteiger partial charge >= 0.3 is 5.97 Å². The molecule has 1 aromatic heterocycles. The van der Waals surface area contributed by atoms with Crippen LogP contribution in [0.1, 0.15) is 49.9 Å². The van der Waals surface area contributed by atoms with E-state index in [-0.39, 0.29) is 23.6 Å². The van der Waals surface area contributed by atoms with Gasteiger partial charge in [-0.1, -0.05) is 30.3 Å². The van der Waals surface area contributed by atoms with Crippen molar-refractivity contribution in [2.24, 2.45) is 5.92 Å². The van der Waals surface area contributed by atoms with Crippen LogP contribution in [0.5, 0.6) is 0 Å². The van der Waals surface area contributed by atoms with Gasteiger partial charge in [-0.15, -0.1) is 0 Å². The van der Waals surface area contributed by atoms with Crippen LogP contribution in [0.2, 0.25) is 0 Å². The number of nitrogens with zero attached hydrogens (tertiary/aromatic N) is 2. The molecule has 0 saturated heterocycles. The zero-order chi connectivity index (χ0) is 22.5. The number of esters is 1. The molecule has 0 spiro atoms. The van der Waals surface area contributed by atoms with Crippen LogP contribution in [0, 0.1) is 11.7 Å². The van der Waals surface area contributed by atoms with Gasteiger partial charge in [0, 0.05) is 24.5 Å². The zero-order valence-electron chi connectivity index (χ0n) is 18.4. The zero-order valence-corrected chi connectivity index (χ0v) is 18.4. The lowest BCUT2D eigenvalue weighted by atomic mass is 9.72. The van der Waals surface area contributed by atoms with Crippen molar-refractivity contribution < 1.29 is 13.9 Å². The third kappa shape index (κ3) is 3.62. The second kappa shape index (κ2) is 7.66. The highest BCUT2D eigenvalue weighted by Crippen LogP contribution is 2.44. The normalized spacial score (nSPS) is 18.5. The van der Waals surface area contributed by atoms with Gasteiger partial charge in [-0.05, 0) is 78.4 Å². The van der Waals surface area contributed by atoms with E-state index in [1.165, 1.54) is 11.6 Å². The molecule has 0 saturated carbocycles. The number of carbonyl (C=O) groups excluding carboxylic acids is 1. The van der Waals surface area contributed by atoms with E-state index in [9.17, 15) is 9.18 Å². The van der Waals surface area contributed by atoms with E-state index in [0.717, 1.165) is 39.2 Å². The molecule has 5 heteroatoms. The predicted molar refractivity (Wildman–Crippen MR) is 123 cm³/mol. The average molecular weight is 429 g/mol. The molecule has 4 aromatic rings. The minimum absolute atomic E-state index is 0.209. The Bertz CT molecular complexity index is 1330. The summed E-state index contributed by atoms with van der Waals surface area (Å²) in [6.45, 7) is 5.66. The summed E-state index contributed by atoms with van der Waals surface area (Å²) in [7, 11) is 0. The average Bonchev–Trinajstić information content (AvgIpc) is 2.77. The number of aryl methyl sites for hydroxylation is 1. The predicted octanol–water partition coefficient (Wildman–Crippen LogP) is 5.96. The highest BCUT2D eigenvalue weighted by Gasteiger charge is 2.39. The van der Waals surface area contributed by atoms with Gasteiger partial charge in [0.1, 0.15) is 11.4 Å². The molecule has 0 fully saturated rings. The highest BCUT2D eigenvalue weighted by atomic mass is 19.1. The number of ether oxygens (including phenoxy) is 1. The first kappa shape index (κ1) is 20.6. The first-order chi connectivity index (χ1) is 15.3. The molecule has 2 atom stereocenters. The maximum Gasteiger partial charge on any atom is 0.310 e. The Morgan fingerprint density at radius 3 is 2.56 bits per heavy atom. The summed E-state index contributed by atoms with van der Waals surface area (Å²) in [5.74, 6) is -1.03. The van der Waals surface area contributed by atoms with Crippen molar-refractivity contribution in [3.05, 3.63) is 83.7 Å². The molecule has 1 aliphatic rings. The summed E-state index contributed by atoms with van der Waals surface area (Å²) in [6.07, 6.45) is 6.43. The molecule has 32 heavy (non-hydrogen) atoms. The summed E-state index contributed by atoms with van der Waals surface area (Å²) in [5, 5.41) is 4.02. The van der Waals surface area contributed by atoms with Crippen molar-refractivity contribution >= 4 is 27.5 Å². The van der Waals surface area contributed by atoms with E-state index < -0.39 is 5.60 Å². The first-order valence-electron chi connectivity index (χ1n) is 10.9.